The van der Waals surface area contributed by atoms with E-state index < -0.39 is 0 Å². The first-order valence-electron chi connectivity index (χ1n) is 3.94. The van der Waals surface area contributed by atoms with Gasteiger partial charge >= 0.3 is 0 Å². The number of allylic oxidation sites excluding steroid dienone is 5. The third-order valence-electron chi connectivity index (χ3n) is 1.72. The summed E-state index contributed by atoms with van der Waals surface area (Å²) in [6.07, 6.45) is 5.34. The van der Waals surface area contributed by atoms with Crippen LogP contribution in [0.25, 0.3) is 0 Å². The Bertz CT molecular complexity index is 251. The second-order valence-electron chi connectivity index (χ2n) is 3.15. The van der Waals surface area contributed by atoms with E-state index in [-0.39, 0.29) is 9.75 Å². The lowest BCUT2D eigenvalue weighted by molar-refractivity contribution is 0.599. The molecule has 0 aliphatic heterocycles. The number of hydrogen-bond donors (Lipinski definition) is 0. The van der Waals surface area contributed by atoms with Crippen molar-refractivity contribution in [1.82, 2.24) is 0 Å². The van der Waals surface area contributed by atoms with Crippen molar-refractivity contribution in [3.05, 3.63) is 35.7 Å². The van der Waals surface area contributed by atoms with Crippen LogP contribution in [-0.4, -0.2) is 3.92 Å². The molecule has 0 nitrogen and oxygen atoms in total. The lowest BCUT2D eigenvalue weighted by Gasteiger charge is -2.12. The fraction of sp³-hybridized carbons (Fsp3) is 0.400. The van der Waals surface area contributed by atoms with E-state index in [1.165, 1.54) is 0 Å². The summed E-state index contributed by atoms with van der Waals surface area (Å²) in [6.45, 7) is 5.76. The third kappa shape index (κ3) is 2.73. The van der Waals surface area contributed by atoms with Crippen molar-refractivity contribution in [2.24, 2.45) is 0 Å². The minimum Gasteiger partial charge on any atom is -0.211 e. The molecule has 0 saturated heterocycles. The molecule has 12 heavy (non-hydrogen) atoms. The van der Waals surface area contributed by atoms with E-state index in [1.807, 2.05) is 6.92 Å². The summed E-state index contributed by atoms with van der Waals surface area (Å²) in [5, 5.41) is 0. The minimum atomic E-state index is -0.00523. The molecular formula is C10H12FI. The van der Waals surface area contributed by atoms with Crippen molar-refractivity contribution in [3.8, 4) is 0 Å². The second-order valence-corrected chi connectivity index (χ2v) is 4.65. The van der Waals surface area contributed by atoms with Gasteiger partial charge in [0.2, 0.25) is 0 Å². The first kappa shape index (κ1) is 9.96. The normalized spacial score (nSPS) is 23.1. The molecule has 1 atom stereocenters. The van der Waals surface area contributed by atoms with E-state index in [1.54, 1.807) is 6.08 Å². The van der Waals surface area contributed by atoms with Gasteiger partial charge in [-0.3, -0.25) is 0 Å². The zero-order valence-electron chi connectivity index (χ0n) is 7.11. The van der Waals surface area contributed by atoms with Gasteiger partial charge in [-0.2, -0.15) is 0 Å². The first-order chi connectivity index (χ1) is 5.59. The van der Waals surface area contributed by atoms with Crippen LogP contribution in [0, 0.1) is 0 Å². The number of halogens is 2. The van der Waals surface area contributed by atoms with Crippen LogP contribution in [0.5, 0.6) is 0 Å². The Morgan fingerprint density at radius 2 is 2.50 bits per heavy atom. The maximum atomic E-state index is 13.1. The molecule has 0 heterocycles. The summed E-state index contributed by atoms with van der Waals surface area (Å²) in [7, 11) is 0. The third-order valence-corrected chi connectivity index (χ3v) is 2.82. The van der Waals surface area contributed by atoms with Crippen LogP contribution in [0.4, 0.5) is 4.39 Å². The fourth-order valence-electron chi connectivity index (χ4n) is 1.17. The van der Waals surface area contributed by atoms with Gasteiger partial charge in [0.1, 0.15) is 5.83 Å². The Morgan fingerprint density at radius 1 is 1.83 bits per heavy atom. The molecule has 2 heteroatoms. The van der Waals surface area contributed by atoms with Crippen LogP contribution < -0.4 is 0 Å². The number of hydrogen-bond acceptors (Lipinski definition) is 0. The summed E-state index contributed by atoms with van der Waals surface area (Å²) in [4.78, 5) is 0. The lowest BCUT2D eigenvalue weighted by Crippen LogP contribution is -2.02. The van der Waals surface area contributed by atoms with Gasteiger partial charge in [0.05, 0.1) is 3.92 Å². The highest BCUT2D eigenvalue weighted by molar-refractivity contribution is 14.1. The van der Waals surface area contributed by atoms with Gasteiger partial charge < -0.3 is 0 Å². The summed E-state index contributed by atoms with van der Waals surface area (Å²) in [5.74, 6) is -0.00523. The average molecular weight is 278 g/mol. The zero-order valence-corrected chi connectivity index (χ0v) is 9.27. The molecule has 0 amide bonds. The number of alkyl halides is 1. The highest BCUT2D eigenvalue weighted by atomic mass is 127. The number of rotatable bonds is 2. The first-order valence-corrected chi connectivity index (χ1v) is 5.18. The van der Waals surface area contributed by atoms with E-state index in [4.69, 9.17) is 0 Å². The predicted molar refractivity (Wildman–Crippen MR) is 59.1 cm³/mol. The summed E-state index contributed by atoms with van der Waals surface area (Å²) >= 11 is 2.12. The van der Waals surface area contributed by atoms with Crippen molar-refractivity contribution in [1.29, 1.82) is 0 Å². The molecule has 66 valence electrons. The fourth-order valence-corrected chi connectivity index (χ4v) is 1.60. The highest BCUT2D eigenvalue weighted by Gasteiger charge is 2.13. The molecule has 0 bridgehead atoms. The molecule has 0 spiro atoms. The summed E-state index contributed by atoms with van der Waals surface area (Å²) in [5.41, 5.74) is 2.14. The standard InChI is InChI=1S/C10H12FI/c1-7(2)5-8-3-4-10(12)9(11)6-8/h3,6,10H,1,4-5H2,2H3. The minimum absolute atomic E-state index is 0.00523. The summed E-state index contributed by atoms with van der Waals surface area (Å²) in [6, 6.07) is 0. The molecular weight excluding hydrogens is 266 g/mol. The van der Waals surface area contributed by atoms with Crippen LogP contribution >= 0.6 is 22.6 Å². The van der Waals surface area contributed by atoms with Crippen LogP contribution in [0.2, 0.25) is 0 Å². The Kier molecular flexibility index (Phi) is 3.50. The van der Waals surface area contributed by atoms with Crippen molar-refractivity contribution in [2.75, 3.05) is 0 Å². The lowest BCUT2D eigenvalue weighted by atomic mass is 10.0. The molecule has 0 saturated carbocycles. The Labute approximate surface area is 86.4 Å². The van der Waals surface area contributed by atoms with E-state index in [0.717, 1.165) is 24.0 Å². The molecule has 1 unspecified atom stereocenters. The van der Waals surface area contributed by atoms with Crippen LogP contribution in [0.3, 0.4) is 0 Å². The predicted octanol–water partition coefficient (Wildman–Crippen LogP) is 3.94. The molecule has 0 fully saturated rings. The van der Waals surface area contributed by atoms with Gasteiger partial charge in [-0.25, -0.2) is 4.39 Å². The molecule has 1 aliphatic carbocycles. The van der Waals surface area contributed by atoms with Crippen molar-refractivity contribution < 1.29 is 4.39 Å². The molecule has 0 aromatic carbocycles. The van der Waals surface area contributed by atoms with Gasteiger partial charge in [0.25, 0.3) is 0 Å². The van der Waals surface area contributed by atoms with Gasteiger partial charge in [-0.15, -0.1) is 0 Å². The van der Waals surface area contributed by atoms with E-state index in [9.17, 15) is 4.39 Å². The van der Waals surface area contributed by atoms with Gasteiger partial charge in [0.15, 0.2) is 0 Å². The summed E-state index contributed by atoms with van der Waals surface area (Å²) < 4.78 is 13.1. The van der Waals surface area contributed by atoms with E-state index >= 15 is 0 Å². The van der Waals surface area contributed by atoms with Crippen molar-refractivity contribution in [3.63, 3.8) is 0 Å². The largest absolute Gasteiger partial charge is 0.211 e. The molecule has 0 aromatic heterocycles. The van der Waals surface area contributed by atoms with Crippen LogP contribution in [0.1, 0.15) is 19.8 Å². The maximum absolute atomic E-state index is 13.1. The zero-order chi connectivity index (χ0) is 9.14. The van der Waals surface area contributed by atoms with Gasteiger partial charge in [-0.1, -0.05) is 40.8 Å². The molecule has 1 aliphatic rings. The second kappa shape index (κ2) is 4.21. The maximum Gasteiger partial charge on any atom is 0.113 e. The van der Waals surface area contributed by atoms with Gasteiger partial charge in [-0.05, 0) is 31.4 Å². The SMILES string of the molecule is C=C(C)CC1=CCC(I)C(F)=C1. The smallest absolute Gasteiger partial charge is 0.113 e. The molecule has 1 rings (SSSR count). The van der Waals surface area contributed by atoms with Crippen molar-refractivity contribution in [2.45, 2.75) is 23.7 Å². The Balaban J connectivity index is 2.65. The topological polar surface area (TPSA) is 0 Å². The Morgan fingerprint density at radius 3 is 3.00 bits per heavy atom. The quantitative estimate of drug-likeness (QED) is 0.408. The highest BCUT2D eigenvalue weighted by Crippen LogP contribution is 2.27. The van der Waals surface area contributed by atoms with E-state index in [0.29, 0.717) is 0 Å². The monoisotopic (exact) mass is 278 g/mol. The Hall–Kier alpha value is -0.120. The van der Waals surface area contributed by atoms with Gasteiger partial charge in [0, 0.05) is 0 Å². The van der Waals surface area contributed by atoms with Crippen LogP contribution in [0.15, 0.2) is 35.7 Å². The molecule has 0 radical (unpaired) electrons. The average Bonchev–Trinajstić information content (AvgIpc) is 1.96. The van der Waals surface area contributed by atoms with E-state index in [2.05, 4.69) is 35.2 Å². The molecule has 0 aromatic rings. The van der Waals surface area contributed by atoms with Crippen LogP contribution in [-0.2, 0) is 0 Å². The van der Waals surface area contributed by atoms with Crippen molar-refractivity contribution >= 4 is 22.6 Å². The molecule has 0 N–H and O–H groups in total.